The van der Waals surface area contributed by atoms with E-state index >= 15 is 0 Å². The van der Waals surface area contributed by atoms with Gasteiger partial charge in [-0.1, -0.05) is 24.8 Å². The third-order valence-corrected chi connectivity index (χ3v) is 2.70. The molecule has 1 aliphatic rings. The number of hydrogen-bond donors (Lipinski definition) is 1. The molecule has 2 atom stereocenters. The number of cyclic esters (lactones) is 1. The normalized spacial score (nSPS) is 24.9. The van der Waals surface area contributed by atoms with Crippen LogP contribution in [0.2, 0.25) is 0 Å². The summed E-state index contributed by atoms with van der Waals surface area (Å²) in [4.78, 5) is 23.5. The van der Waals surface area contributed by atoms with Crippen LogP contribution >= 0.6 is 0 Å². The molecule has 1 fully saturated rings. The number of hydrogen-bond acceptors (Lipinski definition) is 6. The highest BCUT2D eigenvalue weighted by Gasteiger charge is 2.59. The van der Waals surface area contributed by atoms with Gasteiger partial charge in [-0.3, -0.25) is 0 Å². The average Bonchev–Trinajstić information content (AvgIpc) is 2.68. The summed E-state index contributed by atoms with van der Waals surface area (Å²) in [5, 5.41) is 9.92. The fourth-order valence-corrected chi connectivity index (χ4v) is 1.63. The summed E-state index contributed by atoms with van der Waals surface area (Å²) in [5.41, 5.74) is 0.0768. The van der Waals surface area contributed by atoms with Crippen LogP contribution in [0.15, 0.2) is 42.5 Å². The van der Waals surface area contributed by atoms with Crippen LogP contribution < -0.4 is 4.74 Å². The number of carbonyl (C=O) groups excluding carboxylic acids is 2. The molecule has 20 heavy (non-hydrogen) atoms. The van der Waals surface area contributed by atoms with Crippen LogP contribution in [-0.4, -0.2) is 35.5 Å². The van der Waals surface area contributed by atoms with Gasteiger partial charge in [0.1, 0.15) is 12.4 Å². The summed E-state index contributed by atoms with van der Waals surface area (Å²) in [6.07, 6.45) is -1.42. The van der Waals surface area contributed by atoms with Gasteiger partial charge in [-0.05, 0) is 19.1 Å². The van der Waals surface area contributed by atoms with Crippen LogP contribution in [0.1, 0.15) is 6.92 Å². The summed E-state index contributed by atoms with van der Waals surface area (Å²) >= 11 is 0. The molecular weight excluding hydrogens is 264 g/mol. The molecule has 2 unspecified atom stereocenters. The third kappa shape index (κ3) is 2.50. The molecule has 106 valence electrons. The quantitative estimate of drug-likeness (QED) is 0.498. The van der Waals surface area contributed by atoms with Gasteiger partial charge in [0.15, 0.2) is 6.10 Å². The Morgan fingerprint density at radius 1 is 1.45 bits per heavy atom. The van der Waals surface area contributed by atoms with E-state index in [0.29, 0.717) is 0 Å². The largest absolute Gasteiger partial charge is 0.457 e. The minimum atomic E-state index is -2.20. The lowest BCUT2D eigenvalue weighted by Gasteiger charge is -2.28. The van der Waals surface area contributed by atoms with Crippen molar-refractivity contribution in [2.24, 2.45) is 0 Å². The third-order valence-electron chi connectivity index (χ3n) is 2.70. The second kappa shape index (κ2) is 5.34. The van der Waals surface area contributed by atoms with Gasteiger partial charge >= 0.3 is 17.7 Å². The van der Waals surface area contributed by atoms with Crippen LogP contribution in [0.3, 0.4) is 0 Å². The van der Waals surface area contributed by atoms with Crippen molar-refractivity contribution in [2.75, 3.05) is 6.61 Å². The van der Waals surface area contributed by atoms with Crippen LogP contribution in [0.25, 0.3) is 0 Å². The SMILES string of the molecule is C=C(C)C(=O)OC1(Oc2ccccc2)C(=O)OCC1O. The van der Waals surface area contributed by atoms with Crippen molar-refractivity contribution in [3.05, 3.63) is 42.5 Å². The van der Waals surface area contributed by atoms with Gasteiger partial charge in [0, 0.05) is 5.57 Å². The number of para-hydroxylation sites is 1. The molecule has 2 rings (SSSR count). The molecule has 0 amide bonds. The van der Waals surface area contributed by atoms with E-state index in [1.165, 1.54) is 6.92 Å². The van der Waals surface area contributed by atoms with E-state index in [9.17, 15) is 14.7 Å². The van der Waals surface area contributed by atoms with Gasteiger partial charge in [-0.2, -0.15) is 0 Å². The molecule has 1 heterocycles. The van der Waals surface area contributed by atoms with E-state index in [2.05, 4.69) is 6.58 Å². The van der Waals surface area contributed by atoms with Gasteiger partial charge in [-0.25, -0.2) is 9.59 Å². The maximum atomic E-state index is 11.9. The summed E-state index contributed by atoms with van der Waals surface area (Å²) in [5.74, 6) is -3.74. The Hall–Kier alpha value is -2.34. The van der Waals surface area contributed by atoms with Crippen LogP contribution in [-0.2, 0) is 19.1 Å². The number of aliphatic hydroxyl groups is 1. The highest BCUT2D eigenvalue weighted by molar-refractivity contribution is 5.91. The van der Waals surface area contributed by atoms with Crippen molar-refractivity contribution in [1.82, 2.24) is 0 Å². The lowest BCUT2D eigenvalue weighted by Crippen LogP contribution is -2.53. The van der Waals surface area contributed by atoms with Crippen molar-refractivity contribution in [3.63, 3.8) is 0 Å². The number of benzene rings is 1. The number of esters is 2. The van der Waals surface area contributed by atoms with Crippen LogP contribution in [0, 0.1) is 0 Å². The molecule has 6 nitrogen and oxygen atoms in total. The fraction of sp³-hybridized carbons (Fsp3) is 0.286. The second-order valence-corrected chi connectivity index (χ2v) is 4.37. The molecule has 1 N–H and O–H groups in total. The monoisotopic (exact) mass is 278 g/mol. The van der Waals surface area contributed by atoms with Gasteiger partial charge < -0.3 is 19.3 Å². The van der Waals surface area contributed by atoms with Crippen LogP contribution in [0.5, 0.6) is 5.75 Å². The summed E-state index contributed by atoms with van der Waals surface area (Å²) < 4.78 is 15.1. The molecule has 0 saturated carbocycles. The van der Waals surface area contributed by atoms with Crippen molar-refractivity contribution in [2.45, 2.75) is 18.8 Å². The molecular formula is C14H14O6. The maximum Gasteiger partial charge on any atom is 0.396 e. The fourth-order valence-electron chi connectivity index (χ4n) is 1.63. The number of rotatable bonds is 4. The van der Waals surface area contributed by atoms with Crippen molar-refractivity contribution < 1.29 is 28.9 Å². The Morgan fingerprint density at radius 3 is 2.60 bits per heavy atom. The molecule has 1 saturated heterocycles. The lowest BCUT2D eigenvalue weighted by molar-refractivity contribution is -0.218. The van der Waals surface area contributed by atoms with Gasteiger partial charge in [0.2, 0.25) is 0 Å². The van der Waals surface area contributed by atoms with Crippen LogP contribution in [0.4, 0.5) is 0 Å². The number of aliphatic hydroxyl groups excluding tert-OH is 1. The first-order chi connectivity index (χ1) is 9.45. The zero-order chi connectivity index (χ0) is 14.8. The molecule has 0 spiro atoms. The van der Waals surface area contributed by atoms with Crippen molar-refractivity contribution in [1.29, 1.82) is 0 Å². The highest BCUT2D eigenvalue weighted by atomic mass is 16.8. The van der Waals surface area contributed by atoms with E-state index in [1.807, 2.05) is 0 Å². The Labute approximate surface area is 115 Å². The highest BCUT2D eigenvalue weighted by Crippen LogP contribution is 2.30. The van der Waals surface area contributed by atoms with Gasteiger partial charge in [-0.15, -0.1) is 0 Å². The van der Waals surface area contributed by atoms with Gasteiger partial charge in [0.05, 0.1) is 0 Å². The smallest absolute Gasteiger partial charge is 0.396 e. The van der Waals surface area contributed by atoms with E-state index in [-0.39, 0.29) is 17.9 Å². The zero-order valence-corrected chi connectivity index (χ0v) is 10.9. The Balaban J connectivity index is 2.32. The average molecular weight is 278 g/mol. The van der Waals surface area contributed by atoms with Crippen molar-refractivity contribution >= 4 is 11.9 Å². The number of ether oxygens (including phenoxy) is 3. The molecule has 0 radical (unpaired) electrons. The molecule has 1 aromatic carbocycles. The first kappa shape index (κ1) is 14.1. The van der Waals surface area contributed by atoms with Crippen molar-refractivity contribution in [3.8, 4) is 5.75 Å². The summed E-state index contributed by atoms with van der Waals surface area (Å²) in [6.45, 7) is 4.53. The minimum absolute atomic E-state index is 0.0768. The second-order valence-electron chi connectivity index (χ2n) is 4.37. The summed E-state index contributed by atoms with van der Waals surface area (Å²) in [7, 11) is 0. The minimum Gasteiger partial charge on any atom is -0.457 e. The standard InChI is InChI=1S/C14H14O6/c1-9(2)12(16)20-14(11(15)8-18-13(14)17)19-10-6-4-3-5-7-10/h3-7,11,15H,1,8H2,2H3. The Morgan fingerprint density at radius 2 is 2.10 bits per heavy atom. The van der Waals surface area contributed by atoms with E-state index in [4.69, 9.17) is 14.2 Å². The number of carbonyl (C=O) groups is 2. The molecule has 0 bridgehead atoms. The van der Waals surface area contributed by atoms with E-state index < -0.39 is 23.8 Å². The Bertz CT molecular complexity index is 538. The first-order valence-electron chi connectivity index (χ1n) is 5.94. The maximum absolute atomic E-state index is 11.9. The summed E-state index contributed by atoms with van der Waals surface area (Å²) in [6, 6.07) is 8.23. The lowest BCUT2D eigenvalue weighted by atomic mass is 10.1. The molecule has 0 aromatic heterocycles. The first-order valence-corrected chi connectivity index (χ1v) is 5.94. The molecule has 6 heteroatoms. The Kier molecular flexibility index (Phi) is 3.76. The predicted octanol–water partition coefficient (Wildman–Crippen LogP) is 0.799. The topological polar surface area (TPSA) is 82.1 Å². The predicted molar refractivity (Wildman–Crippen MR) is 67.7 cm³/mol. The molecule has 0 aliphatic carbocycles. The zero-order valence-electron chi connectivity index (χ0n) is 10.9. The van der Waals surface area contributed by atoms with Gasteiger partial charge in [0.25, 0.3) is 0 Å². The molecule has 1 aliphatic heterocycles. The molecule has 1 aromatic rings. The van der Waals surface area contributed by atoms with E-state index in [0.717, 1.165) is 0 Å². The van der Waals surface area contributed by atoms with E-state index in [1.54, 1.807) is 30.3 Å².